The molecule has 0 aliphatic rings. The maximum Gasteiger partial charge on any atom is 0.0860 e. The van der Waals surface area contributed by atoms with Crippen LogP contribution in [0, 0.1) is 11.3 Å². The van der Waals surface area contributed by atoms with E-state index >= 15 is 0 Å². The topological polar surface area (TPSA) is 45.4 Å². The van der Waals surface area contributed by atoms with Gasteiger partial charge in [0.1, 0.15) is 0 Å². The van der Waals surface area contributed by atoms with Gasteiger partial charge in [-0.1, -0.05) is 43.6 Å². The summed E-state index contributed by atoms with van der Waals surface area (Å²) in [7, 11) is 0. The van der Waals surface area contributed by atoms with Crippen LogP contribution in [0.3, 0.4) is 0 Å². The molecule has 1 aromatic rings. The summed E-state index contributed by atoms with van der Waals surface area (Å²) >= 11 is 6.00. The van der Waals surface area contributed by atoms with Crippen LogP contribution in [-0.2, 0) is 4.74 Å². The molecule has 0 heterocycles. The van der Waals surface area contributed by atoms with Gasteiger partial charge in [0.15, 0.2) is 0 Å². The van der Waals surface area contributed by atoms with Gasteiger partial charge >= 0.3 is 0 Å². The van der Waals surface area contributed by atoms with Gasteiger partial charge in [-0.25, -0.2) is 0 Å². The molecule has 1 N–H and O–H groups in total. The zero-order valence-electron chi connectivity index (χ0n) is 11.5. The summed E-state index contributed by atoms with van der Waals surface area (Å²) in [6.07, 6.45) is 2.72. The molecule has 0 saturated heterocycles. The van der Waals surface area contributed by atoms with Gasteiger partial charge in [0.2, 0.25) is 0 Å². The van der Waals surface area contributed by atoms with E-state index in [4.69, 9.17) is 21.7 Å². The highest BCUT2D eigenvalue weighted by Crippen LogP contribution is 2.12. The third-order valence-electron chi connectivity index (χ3n) is 2.53. The lowest BCUT2D eigenvalue weighted by Gasteiger charge is -2.06. The quantitative estimate of drug-likeness (QED) is 0.571. The molecule has 0 amide bonds. The van der Waals surface area contributed by atoms with Crippen molar-refractivity contribution < 1.29 is 4.74 Å². The molecule has 104 valence electrons. The molecular weight excluding hydrogens is 260 g/mol. The molecule has 0 aliphatic carbocycles. The van der Waals surface area contributed by atoms with E-state index in [9.17, 15) is 0 Å². The normalized spacial score (nSPS) is 11.4. The van der Waals surface area contributed by atoms with Gasteiger partial charge in [0, 0.05) is 23.4 Å². The zero-order chi connectivity index (χ0) is 14.1. The molecule has 0 atom stereocenters. The molecule has 19 heavy (non-hydrogen) atoms. The molecule has 1 aromatic carbocycles. The highest BCUT2D eigenvalue weighted by Gasteiger charge is 1.98. The second kappa shape index (κ2) is 8.83. The van der Waals surface area contributed by atoms with Crippen LogP contribution in [0.25, 0.3) is 0 Å². The number of rotatable bonds is 8. The molecule has 0 unspecified atom stereocenters. The second-order valence-corrected chi connectivity index (χ2v) is 5.24. The van der Waals surface area contributed by atoms with Crippen molar-refractivity contribution in [1.82, 2.24) is 0 Å². The summed E-state index contributed by atoms with van der Waals surface area (Å²) in [6, 6.07) is 7.51. The first-order valence-corrected chi connectivity index (χ1v) is 6.85. The summed E-state index contributed by atoms with van der Waals surface area (Å²) in [5.74, 6) is 0.632. The number of hydrogen-bond donors (Lipinski definition) is 1. The number of benzene rings is 1. The molecule has 0 bridgehead atoms. The predicted octanol–water partition coefficient (Wildman–Crippen LogP) is 3.84. The maximum absolute atomic E-state index is 7.72. The Kier molecular flexibility index (Phi) is 7.38. The Morgan fingerprint density at radius 2 is 2.16 bits per heavy atom. The number of hydrogen-bond acceptors (Lipinski definition) is 3. The van der Waals surface area contributed by atoms with Gasteiger partial charge < -0.3 is 10.1 Å². The van der Waals surface area contributed by atoms with Crippen LogP contribution >= 0.6 is 11.6 Å². The van der Waals surface area contributed by atoms with Crippen molar-refractivity contribution in [1.29, 1.82) is 5.41 Å². The highest BCUT2D eigenvalue weighted by atomic mass is 35.5. The Morgan fingerprint density at radius 1 is 1.42 bits per heavy atom. The SMILES string of the molecule is CC(C)CCOCC(=N)CN=Cc1ccccc1Cl. The standard InChI is InChI=1S/C15H21ClN2O/c1-12(2)7-8-19-11-14(17)10-18-9-13-5-3-4-6-15(13)16/h3-6,9,12,17H,7-8,10-11H2,1-2H3. The summed E-state index contributed by atoms with van der Waals surface area (Å²) in [4.78, 5) is 4.20. The largest absolute Gasteiger partial charge is 0.375 e. The number of nitrogens with one attached hydrogen (secondary N) is 1. The Morgan fingerprint density at radius 3 is 2.84 bits per heavy atom. The molecule has 1 rings (SSSR count). The van der Waals surface area contributed by atoms with E-state index in [1.165, 1.54) is 0 Å². The van der Waals surface area contributed by atoms with E-state index in [1.807, 2.05) is 24.3 Å². The van der Waals surface area contributed by atoms with Crippen LogP contribution in [0.2, 0.25) is 5.02 Å². The summed E-state index contributed by atoms with van der Waals surface area (Å²) in [6.45, 7) is 5.72. The van der Waals surface area contributed by atoms with Gasteiger partial charge in [-0.3, -0.25) is 4.99 Å². The van der Waals surface area contributed by atoms with Crippen molar-refractivity contribution in [2.24, 2.45) is 10.9 Å². The highest BCUT2D eigenvalue weighted by molar-refractivity contribution is 6.33. The van der Waals surface area contributed by atoms with E-state index in [-0.39, 0.29) is 0 Å². The van der Waals surface area contributed by atoms with Crippen LogP contribution in [0.15, 0.2) is 29.3 Å². The van der Waals surface area contributed by atoms with Crippen molar-refractivity contribution in [3.05, 3.63) is 34.9 Å². The number of halogens is 1. The van der Waals surface area contributed by atoms with Crippen molar-refractivity contribution in [3.63, 3.8) is 0 Å². The number of aliphatic imine (C=N–C) groups is 1. The molecule has 0 aliphatic heterocycles. The maximum atomic E-state index is 7.72. The predicted molar refractivity (Wildman–Crippen MR) is 81.9 cm³/mol. The van der Waals surface area contributed by atoms with Gasteiger partial charge in [-0.15, -0.1) is 0 Å². The molecular formula is C15H21ClN2O. The lowest BCUT2D eigenvalue weighted by molar-refractivity contribution is 0.157. The first-order valence-electron chi connectivity index (χ1n) is 6.48. The molecule has 4 heteroatoms. The zero-order valence-corrected chi connectivity index (χ0v) is 12.3. The average Bonchev–Trinajstić information content (AvgIpc) is 2.37. The smallest absolute Gasteiger partial charge is 0.0860 e. The Hall–Kier alpha value is -1.19. The molecule has 0 fully saturated rings. The Bertz CT molecular complexity index is 430. The average molecular weight is 281 g/mol. The summed E-state index contributed by atoms with van der Waals surface area (Å²) in [5.41, 5.74) is 1.35. The molecule has 0 saturated carbocycles. The Balaban J connectivity index is 2.25. The number of nitrogens with zero attached hydrogens (tertiary/aromatic N) is 1. The second-order valence-electron chi connectivity index (χ2n) is 4.83. The van der Waals surface area contributed by atoms with E-state index in [1.54, 1.807) is 6.21 Å². The van der Waals surface area contributed by atoms with E-state index in [0.29, 0.717) is 36.4 Å². The minimum atomic E-state index is 0.354. The van der Waals surface area contributed by atoms with Gasteiger partial charge in [0.25, 0.3) is 0 Å². The third kappa shape index (κ3) is 7.09. The molecule has 0 radical (unpaired) electrons. The summed E-state index contributed by atoms with van der Waals surface area (Å²) < 4.78 is 5.41. The minimum Gasteiger partial charge on any atom is -0.375 e. The van der Waals surface area contributed by atoms with Crippen molar-refractivity contribution in [2.45, 2.75) is 20.3 Å². The van der Waals surface area contributed by atoms with Gasteiger partial charge in [-0.2, -0.15) is 0 Å². The minimum absolute atomic E-state index is 0.354. The fraction of sp³-hybridized carbons (Fsp3) is 0.467. The molecule has 3 nitrogen and oxygen atoms in total. The molecule has 0 aromatic heterocycles. The van der Waals surface area contributed by atoms with Crippen LogP contribution in [0.4, 0.5) is 0 Å². The van der Waals surface area contributed by atoms with Crippen LogP contribution in [0.5, 0.6) is 0 Å². The van der Waals surface area contributed by atoms with Gasteiger partial charge in [0.05, 0.1) is 18.9 Å². The monoisotopic (exact) mass is 280 g/mol. The van der Waals surface area contributed by atoms with Crippen molar-refractivity contribution in [3.8, 4) is 0 Å². The third-order valence-corrected chi connectivity index (χ3v) is 2.88. The van der Waals surface area contributed by atoms with Gasteiger partial charge in [-0.05, 0) is 18.4 Å². The van der Waals surface area contributed by atoms with Crippen LogP contribution in [0.1, 0.15) is 25.8 Å². The van der Waals surface area contributed by atoms with Crippen molar-refractivity contribution >= 4 is 23.5 Å². The first kappa shape index (κ1) is 15.9. The van der Waals surface area contributed by atoms with Crippen LogP contribution in [-0.4, -0.2) is 31.7 Å². The van der Waals surface area contributed by atoms with E-state index < -0.39 is 0 Å². The fourth-order valence-corrected chi connectivity index (χ4v) is 1.58. The van der Waals surface area contributed by atoms with Crippen LogP contribution < -0.4 is 0 Å². The number of ether oxygens (including phenoxy) is 1. The van der Waals surface area contributed by atoms with Crippen molar-refractivity contribution in [2.75, 3.05) is 19.8 Å². The van der Waals surface area contributed by atoms with E-state index in [0.717, 1.165) is 12.0 Å². The summed E-state index contributed by atoms with van der Waals surface area (Å²) in [5, 5.41) is 8.39. The lowest BCUT2D eigenvalue weighted by Crippen LogP contribution is -2.12. The lowest BCUT2D eigenvalue weighted by atomic mass is 10.1. The first-order chi connectivity index (χ1) is 9.09. The molecule has 0 spiro atoms. The Labute approximate surface area is 120 Å². The van der Waals surface area contributed by atoms with E-state index in [2.05, 4.69) is 18.8 Å². The fourth-order valence-electron chi connectivity index (χ4n) is 1.39.